The van der Waals surface area contributed by atoms with Crippen LogP contribution in [0.2, 0.25) is 10.0 Å². The number of hydrogen-bond donors (Lipinski definition) is 0. The number of carbonyl (C=O) groups excluding carboxylic acids is 4. The Morgan fingerprint density at radius 2 is 1.37 bits per heavy atom. The lowest BCUT2D eigenvalue weighted by Crippen LogP contribution is -2.34. The van der Waals surface area contributed by atoms with E-state index in [9.17, 15) is 19.2 Å². The molecule has 2 aliphatic rings. The van der Waals surface area contributed by atoms with Crippen LogP contribution in [0.1, 0.15) is 39.7 Å². The molecule has 2 aliphatic carbocycles. The van der Waals surface area contributed by atoms with Gasteiger partial charge in [0.1, 0.15) is 0 Å². The lowest BCUT2D eigenvalue weighted by Gasteiger charge is -2.23. The molecule has 0 aliphatic heterocycles. The molecule has 0 saturated heterocycles. The van der Waals surface area contributed by atoms with Crippen molar-refractivity contribution in [3.8, 4) is 0 Å². The summed E-state index contributed by atoms with van der Waals surface area (Å²) in [7, 11) is 0. The van der Waals surface area contributed by atoms with E-state index < -0.39 is 67.8 Å². The second-order valence-electron chi connectivity index (χ2n) is 9.41. The number of ether oxygens (including phenoxy) is 7. The van der Waals surface area contributed by atoms with Gasteiger partial charge in [-0.2, -0.15) is 0 Å². The van der Waals surface area contributed by atoms with E-state index in [2.05, 4.69) is 0 Å². The third kappa shape index (κ3) is 8.12. The largest absolute Gasteiger partial charge is 0.511 e. The first kappa shape index (κ1) is 29.8. The van der Waals surface area contributed by atoms with Crippen molar-refractivity contribution in [3.63, 3.8) is 0 Å². The fourth-order valence-corrected chi connectivity index (χ4v) is 4.74. The Balaban J connectivity index is 1.58. The Kier molecular flexibility index (Phi) is 10.5. The minimum atomic E-state index is -0.978. The minimum absolute atomic E-state index is 0.142. The second kappa shape index (κ2) is 13.3. The zero-order chi connectivity index (χ0) is 28.0. The predicted molar refractivity (Wildman–Crippen MR) is 131 cm³/mol. The van der Waals surface area contributed by atoms with Crippen molar-refractivity contribution in [2.24, 2.45) is 23.7 Å². The number of rotatable bonds is 11. The van der Waals surface area contributed by atoms with Crippen LogP contribution in [0.25, 0.3) is 0 Å². The molecular formula is C25H30Cl2O11. The average molecular weight is 577 g/mol. The molecule has 1 aromatic carbocycles. The first-order valence-electron chi connectivity index (χ1n) is 12.0. The summed E-state index contributed by atoms with van der Waals surface area (Å²) in [5.74, 6) is -3.35. The summed E-state index contributed by atoms with van der Waals surface area (Å²) >= 11 is 12.0. The van der Waals surface area contributed by atoms with Gasteiger partial charge in [0, 0.05) is 0 Å². The zero-order valence-electron chi connectivity index (χ0n) is 21.3. The van der Waals surface area contributed by atoms with Crippen molar-refractivity contribution in [2.45, 2.75) is 59.0 Å². The van der Waals surface area contributed by atoms with Gasteiger partial charge < -0.3 is 33.2 Å². The lowest BCUT2D eigenvalue weighted by atomic mass is 9.97. The molecule has 2 fully saturated rings. The van der Waals surface area contributed by atoms with Crippen molar-refractivity contribution in [3.05, 3.63) is 33.8 Å². The Labute approximate surface area is 229 Å². The van der Waals surface area contributed by atoms with Gasteiger partial charge in [-0.3, -0.25) is 9.59 Å². The first-order valence-corrected chi connectivity index (χ1v) is 12.8. The van der Waals surface area contributed by atoms with Gasteiger partial charge in [-0.15, -0.1) is 0 Å². The molecule has 11 nitrogen and oxygen atoms in total. The Morgan fingerprint density at radius 1 is 0.816 bits per heavy atom. The molecule has 1 aromatic rings. The van der Waals surface area contributed by atoms with E-state index in [4.69, 9.17) is 56.4 Å². The van der Waals surface area contributed by atoms with E-state index in [1.54, 1.807) is 45.9 Å². The maximum atomic E-state index is 13.0. The maximum Gasteiger partial charge on any atom is 0.511 e. The summed E-state index contributed by atoms with van der Waals surface area (Å²) in [6.45, 7) is 5.46. The lowest BCUT2D eigenvalue weighted by molar-refractivity contribution is -0.166. The molecule has 0 aromatic heterocycles. The molecule has 13 heteroatoms. The van der Waals surface area contributed by atoms with Crippen molar-refractivity contribution in [1.29, 1.82) is 0 Å². The van der Waals surface area contributed by atoms with Crippen LogP contribution in [-0.4, -0.2) is 56.1 Å². The van der Waals surface area contributed by atoms with Crippen LogP contribution in [0.3, 0.4) is 0 Å². The standard InChI is InChI=1S/C25H30Cl2O11/c1-12(2)37-24(30)35-10-33-22(28)20-15-8-18(32-9-14-5-6-16(26)17(27)7-14)21(19(15)20)23(29)34-11-36-25(31)38-13(3)4/h5-7,12-13,15,18-21H,8-11H2,1-4H3/t15-,18?,19?,20?,21?/m1/s1. The van der Waals surface area contributed by atoms with Crippen LogP contribution in [0.4, 0.5) is 9.59 Å². The highest BCUT2D eigenvalue weighted by Crippen LogP contribution is 2.62. The molecule has 0 bridgehead atoms. The number of carbonyl (C=O) groups is 4. The van der Waals surface area contributed by atoms with Crippen molar-refractivity contribution in [1.82, 2.24) is 0 Å². The molecular weight excluding hydrogens is 547 g/mol. The van der Waals surface area contributed by atoms with Crippen LogP contribution < -0.4 is 0 Å². The van der Waals surface area contributed by atoms with Gasteiger partial charge in [-0.05, 0) is 63.6 Å². The number of benzene rings is 1. The van der Waals surface area contributed by atoms with Crippen LogP contribution in [-0.2, 0) is 49.4 Å². The quantitative estimate of drug-likeness (QED) is 0.202. The smallest absolute Gasteiger partial charge is 0.431 e. The van der Waals surface area contributed by atoms with Gasteiger partial charge >= 0.3 is 24.2 Å². The van der Waals surface area contributed by atoms with E-state index in [1.807, 2.05) is 0 Å². The van der Waals surface area contributed by atoms with Crippen molar-refractivity contribution < 1.29 is 52.3 Å². The van der Waals surface area contributed by atoms with Gasteiger partial charge in [0.15, 0.2) is 0 Å². The first-order chi connectivity index (χ1) is 18.0. The number of hydrogen-bond acceptors (Lipinski definition) is 11. The number of fused-ring (bicyclic) bond motifs is 1. The molecule has 38 heavy (non-hydrogen) atoms. The number of esters is 2. The van der Waals surface area contributed by atoms with Crippen LogP contribution in [0, 0.1) is 23.7 Å². The van der Waals surface area contributed by atoms with Crippen molar-refractivity contribution in [2.75, 3.05) is 13.6 Å². The van der Waals surface area contributed by atoms with Crippen molar-refractivity contribution >= 4 is 47.5 Å². The van der Waals surface area contributed by atoms with Crippen LogP contribution in [0.15, 0.2) is 18.2 Å². The molecule has 0 amide bonds. The van der Waals surface area contributed by atoms with Gasteiger partial charge in [-0.1, -0.05) is 29.3 Å². The predicted octanol–water partition coefficient (Wildman–Crippen LogP) is 4.89. The van der Waals surface area contributed by atoms with Gasteiger partial charge in [0.25, 0.3) is 0 Å². The maximum absolute atomic E-state index is 13.0. The average Bonchev–Trinajstić information content (AvgIpc) is 3.39. The molecule has 0 N–H and O–H groups in total. The van der Waals surface area contributed by atoms with Gasteiger partial charge in [0.2, 0.25) is 13.6 Å². The second-order valence-corrected chi connectivity index (χ2v) is 10.2. The molecule has 4 unspecified atom stereocenters. The highest BCUT2D eigenvalue weighted by molar-refractivity contribution is 6.42. The fraction of sp³-hybridized carbons (Fsp3) is 0.600. The van der Waals surface area contributed by atoms with E-state index in [0.717, 1.165) is 5.56 Å². The molecule has 0 spiro atoms. The summed E-state index contributed by atoms with van der Waals surface area (Å²) in [6, 6.07) is 5.04. The normalized spacial score (nSPS) is 23.4. The third-order valence-electron chi connectivity index (χ3n) is 5.96. The van der Waals surface area contributed by atoms with E-state index in [1.165, 1.54) is 0 Å². The van der Waals surface area contributed by atoms with Crippen LogP contribution in [0.5, 0.6) is 0 Å². The van der Waals surface area contributed by atoms with Crippen LogP contribution >= 0.6 is 23.2 Å². The summed E-state index contributed by atoms with van der Waals surface area (Å²) in [6.07, 6.45) is -2.91. The Bertz CT molecular complexity index is 1030. The molecule has 5 atom stereocenters. The summed E-state index contributed by atoms with van der Waals surface area (Å²) < 4.78 is 35.3. The summed E-state index contributed by atoms with van der Waals surface area (Å²) in [4.78, 5) is 48.6. The molecule has 210 valence electrons. The Hall–Kier alpha value is -2.76. The third-order valence-corrected chi connectivity index (χ3v) is 6.70. The highest BCUT2D eigenvalue weighted by atomic mass is 35.5. The van der Waals surface area contributed by atoms with E-state index in [-0.39, 0.29) is 18.6 Å². The summed E-state index contributed by atoms with van der Waals surface area (Å²) in [5.41, 5.74) is 0.744. The highest BCUT2D eigenvalue weighted by Gasteiger charge is 2.68. The minimum Gasteiger partial charge on any atom is -0.431 e. The molecule has 0 heterocycles. The molecule has 0 radical (unpaired) electrons. The monoisotopic (exact) mass is 576 g/mol. The fourth-order valence-electron chi connectivity index (χ4n) is 4.42. The topological polar surface area (TPSA) is 133 Å². The zero-order valence-corrected chi connectivity index (χ0v) is 22.9. The number of halogens is 2. The molecule has 3 rings (SSSR count). The summed E-state index contributed by atoms with van der Waals surface area (Å²) in [5, 5.41) is 0.767. The Morgan fingerprint density at radius 3 is 1.89 bits per heavy atom. The van der Waals surface area contributed by atoms with E-state index in [0.29, 0.717) is 16.5 Å². The van der Waals surface area contributed by atoms with E-state index >= 15 is 0 Å². The SMILES string of the molecule is CC(C)OC(=O)OCOC(=O)C1C(OCc2ccc(Cl)c(Cl)c2)C[C@H]2C(C(=O)OCOC(=O)OC(C)C)C12. The van der Waals surface area contributed by atoms with Gasteiger partial charge in [-0.25, -0.2) is 9.59 Å². The van der Waals surface area contributed by atoms with Gasteiger partial charge in [0.05, 0.1) is 46.8 Å². The molecule has 2 saturated carbocycles.